The maximum Gasteiger partial charge on any atom is 0.220 e. The zero-order valence-electron chi connectivity index (χ0n) is 9.90. The number of amides is 1. The molecule has 1 atom stereocenters. The predicted octanol–water partition coefficient (Wildman–Crippen LogP) is 0.389. The molecule has 0 radical (unpaired) electrons. The second-order valence-corrected chi connectivity index (χ2v) is 5.28. The number of aromatic nitrogens is 2. The number of fused-ring (bicyclic) bond motifs is 1. The first-order chi connectivity index (χ1) is 8.60. The van der Waals surface area contributed by atoms with Gasteiger partial charge in [-0.1, -0.05) is 0 Å². The van der Waals surface area contributed by atoms with Gasteiger partial charge in [0.15, 0.2) is 5.16 Å². The van der Waals surface area contributed by atoms with Crippen molar-refractivity contribution < 1.29 is 9.00 Å². The Bertz CT molecular complexity index is 608. The zero-order chi connectivity index (χ0) is 13.1. The molecule has 0 aliphatic rings. The van der Waals surface area contributed by atoms with Crippen molar-refractivity contribution in [3.8, 4) is 0 Å². The molecule has 0 aliphatic heterocycles. The third kappa shape index (κ3) is 2.67. The average molecular weight is 266 g/mol. The summed E-state index contributed by atoms with van der Waals surface area (Å²) in [5, 5.41) is 2.86. The number of carbonyl (C=O) groups excluding carboxylic acids is 1. The molecule has 6 nitrogen and oxygen atoms in total. The number of nitrogens with one attached hydrogen (secondary N) is 2. The van der Waals surface area contributed by atoms with Gasteiger partial charge < -0.3 is 16.0 Å². The molecule has 96 valence electrons. The van der Waals surface area contributed by atoms with Gasteiger partial charge in [-0.15, -0.1) is 0 Å². The molecule has 1 aromatic carbocycles. The molecule has 1 heterocycles. The van der Waals surface area contributed by atoms with Crippen molar-refractivity contribution >= 4 is 33.4 Å². The molecule has 2 rings (SSSR count). The van der Waals surface area contributed by atoms with Crippen LogP contribution in [-0.2, 0) is 15.6 Å². The zero-order valence-corrected chi connectivity index (χ0v) is 10.7. The van der Waals surface area contributed by atoms with Gasteiger partial charge >= 0.3 is 0 Å². The van der Waals surface area contributed by atoms with Crippen LogP contribution in [0.15, 0.2) is 23.4 Å². The number of H-pyrrole nitrogens is 1. The van der Waals surface area contributed by atoms with Crippen molar-refractivity contribution in [1.29, 1.82) is 0 Å². The minimum atomic E-state index is -1.31. The predicted molar refractivity (Wildman–Crippen MR) is 70.5 cm³/mol. The number of rotatable bonds is 4. The van der Waals surface area contributed by atoms with Crippen LogP contribution in [0, 0.1) is 0 Å². The molecule has 1 unspecified atom stereocenters. The smallest absolute Gasteiger partial charge is 0.220 e. The van der Waals surface area contributed by atoms with E-state index in [0.29, 0.717) is 16.4 Å². The fourth-order valence-corrected chi connectivity index (χ4v) is 2.51. The number of hydrogen-bond acceptors (Lipinski definition) is 4. The van der Waals surface area contributed by atoms with Gasteiger partial charge in [0.2, 0.25) is 5.91 Å². The maximum absolute atomic E-state index is 11.9. The Morgan fingerprint density at radius 2 is 2.33 bits per heavy atom. The van der Waals surface area contributed by atoms with Crippen LogP contribution < -0.4 is 11.1 Å². The van der Waals surface area contributed by atoms with Gasteiger partial charge in [0.05, 0.1) is 21.8 Å². The van der Waals surface area contributed by atoms with Crippen LogP contribution in [0.1, 0.15) is 6.42 Å². The van der Waals surface area contributed by atoms with Crippen LogP contribution in [0.4, 0.5) is 5.69 Å². The fraction of sp³-hybridized carbons (Fsp3) is 0.273. The lowest BCUT2D eigenvalue weighted by Gasteiger charge is -1.98. The van der Waals surface area contributed by atoms with E-state index in [-0.39, 0.29) is 18.1 Å². The summed E-state index contributed by atoms with van der Waals surface area (Å²) in [5.41, 5.74) is 7.73. The van der Waals surface area contributed by atoms with Crippen LogP contribution in [0.5, 0.6) is 0 Å². The summed E-state index contributed by atoms with van der Waals surface area (Å²) in [5.74, 6) is 0.110. The molecule has 0 bridgehead atoms. The first kappa shape index (κ1) is 12.6. The number of carbonyl (C=O) groups is 1. The number of nitrogens with two attached hydrogens (primary N) is 1. The molecule has 7 heteroatoms. The first-order valence-corrected chi connectivity index (χ1v) is 6.76. The molecule has 0 fully saturated rings. The van der Waals surface area contributed by atoms with Crippen LogP contribution >= 0.6 is 0 Å². The number of nitrogens with zero attached hydrogens (tertiary/aromatic N) is 1. The lowest BCUT2D eigenvalue weighted by Crippen LogP contribution is -2.20. The van der Waals surface area contributed by atoms with Crippen molar-refractivity contribution in [3.63, 3.8) is 0 Å². The summed E-state index contributed by atoms with van der Waals surface area (Å²) in [7, 11) is 0.238. The summed E-state index contributed by atoms with van der Waals surface area (Å²) >= 11 is 0. The van der Waals surface area contributed by atoms with E-state index in [1.165, 1.54) is 0 Å². The van der Waals surface area contributed by atoms with E-state index in [9.17, 15) is 9.00 Å². The van der Waals surface area contributed by atoms with E-state index in [4.69, 9.17) is 5.73 Å². The van der Waals surface area contributed by atoms with E-state index < -0.39 is 10.8 Å². The summed E-state index contributed by atoms with van der Waals surface area (Å²) in [6, 6.07) is 5.24. The molecule has 1 amide bonds. The van der Waals surface area contributed by atoms with Gasteiger partial charge in [0.25, 0.3) is 0 Å². The Morgan fingerprint density at radius 3 is 3.06 bits per heavy atom. The van der Waals surface area contributed by atoms with Gasteiger partial charge in [-0.05, 0) is 18.2 Å². The van der Waals surface area contributed by atoms with Crippen molar-refractivity contribution in [2.24, 2.45) is 0 Å². The number of benzene rings is 1. The summed E-state index contributed by atoms with van der Waals surface area (Å²) in [4.78, 5) is 18.2. The highest BCUT2D eigenvalue weighted by Crippen LogP contribution is 2.16. The van der Waals surface area contributed by atoms with E-state index in [2.05, 4.69) is 15.3 Å². The van der Waals surface area contributed by atoms with Gasteiger partial charge in [-0.25, -0.2) is 4.98 Å². The molecule has 0 spiro atoms. The molecule has 2 aromatic rings. The van der Waals surface area contributed by atoms with Gasteiger partial charge in [-0.3, -0.25) is 9.00 Å². The molecule has 0 saturated carbocycles. The molecular weight excluding hydrogens is 252 g/mol. The van der Waals surface area contributed by atoms with E-state index in [1.807, 2.05) is 0 Å². The minimum absolute atomic E-state index is 0.135. The van der Waals surface area contributed by atoms with Crippen molar-refractivity contribution in [3.05, 3.63) is 18.2 Å². The number of anilines is 1. The van der Waals surface area contributed by atoms with Gasteiger partial charge in [0, 0.05) is 24.9 Å². The Hall–Kier alpha value is -1.89. The second-order valence-electron chi connectivity index (χ2n) is 3.79. The SMILES string of the molecule is CNC(=O)CCS(=O)c1nc2ccc(N)cc2[nH]1. The van der Waals surface area contributed by atoms with E-state index >= 15 is 0 Å². The quantitative estimate of drug-likeness (QED) is 0.697. The molecule has 0 aliphatic carbocycles. The molecule has 0 saturated heterocycles. The Labute approximate surface area is 106 Å². The number of nitrogen functional groups attached to an aromatic ring is 1. The lowest BCUT2D eigenvalue weighted by atomic mass is 10.3. The number of imidazole rings is 1. The van der Waals surface area contributed by atoms with E-state index in [0.717, 1.165) is 5.52 Å². The highest BCUT2D eigenvalue weighted by Gasteiger charge is 2.11. The standard InChI is InChI=1S/C11H14N4O2S/c1-13-10(16)4-5-18(17)11-14-8-3-2-7(12)6-9(8)15-11/h2-3,6H,4-5,12H2,1H3,(H,13,16)(H,14,15). The third-order valence-electron chi connectivity index (χ3n) is 2.49. The maximum atomic E-state index is 11.9. The molecule has 18 heavy (non-hydrogen) atoms. The largest absolute Gasteiger partial charge is 0.399 e. The summed E-state index contributed by atoms with van der Waals surface area (Å²) in [6.45, 7) is 0. The lowest BCUT2D eigenvalue weighted by molar-refractivity contribution is -0.120. The van der Waals surface area contributed by atoms with Crippen molar-refractivity contribution in [2.75, 3.05) is 18.5 Å². The van der Waals surface area contributed by atoms with Crippen molar-refractivity contribution in [1.82, 2.24) is 15.3 Å². The second kappa shape index (κ2) is 5.18. The van der Waals surface area contributed by atoms with Gasteiger partial charge in [-0.2, -0.15) is 0 Å². The fourth-order valence-electron chi connectivity index (χ4n) is 1.52. The van der Waals surface area contributed by atoms with Crippen LogP contribution in [0.3, 0.4) is 0 Å². The minimum Gasteiger partial charge on any atom is -0.399 e. The van der Waals surface area contributed by atoms with Crippen LogP contribution in [-0.4, -0.2) is 32.9 Å². The Kier molecular flexibility index (Phi) is 3.61. The van der Waals surface area contributed by atoms with Gasteiger partial charge in [0.1, 0.15) is 0 Å². The Balaban J connectivity index is 2.15. The van der Waals surface area contributed by atoms with Crippen LogP contribution in [0.25, 0.3) is 11.0 Å². The highest BCUT2D eigenvalue weighted by molar-refractivity contribution is 7.84. The highest BCUT2D eigenvalue weighted by atomic mass is 32.2. The monoisotopic (exact) mass is 266 g/mol. The van der Waals surface area contributed by atoms with Crippen LogP contribution in [0.2, 0.25) is 0 Å². The third-order valence-corrected chi connectivity index (χ3v) is 3.69. The molecular formula is C11H14N4O2S. The molecule has 1 aromatic heterocycles. The van der Waals surface area contributed by atoms with E-state index in [1.54, 1.807) is 25.2 Å². The number of aromatic amines is 1. The number of hydrogen-bond donors (Lipinski definition) is 3. The van der Waals surface area contributed by atoms with Crippen molar-refractivity contribution in [2.45, 2.75) is 11.6 Å². The molecule has 4 N–H and O–H groups in total. The summed E-state index contributed by atoms with van der Waals surface area (Å²) in [6.07, 6.45) is 0.211. The normalized spacial score (nSPS) is 12.5. The topological polar surface area (TPSA) is 101 Å². The first-order valence-electron chi connectivity index (χ1n) is 5.44. The Morgan fingerprint density at radius 1 is 1.56 bits per heavy atom. The average Bonchev–Trinajstić information content (AvgIpc) is 2.78. The summed E-state index contributed by atoms with van der Waals surface area (Å²) < 4.78 is 11.9.